The molecule has 0 aliphatic heterocycles. The van der Waals surface area contributed by atoms with Gasteiger partial charge in [0, 0.05) is 26.1 Å². The van der Waals surface area contributed by atoms with E-state index < -0.39 is 0 Å². The van der Waals surface area contributed by atoms with Crippen LogP contribution in [0.3, 0.4) is 0 Å². The van der Waals surface area contributed by atoms with Gasteiger partial charge in [0.15, 0.2) is 11.5 Å². The molecular weight excluding hydrogens is 292 g/mol. The van der Waals surface area contributed by atoms with E-state index in [-0.39, 0.29) is 24.4 Å². The van der Waals surface area contributed by atoms with Crippen LogP contribution in [-0.4, -0.2) is 38.1 Å². The lowest BCUT2D eigenvalue weighted by Crippen LogP contribution is -2.31. The molecule has 5 nitrogen and oxygen atoms in total. The molecule has 1 aromatic rings. The van der Waals surface area contributed by atoms with Gasteiger partial charge in [0.2, 0.25) is 5.91 Å². The van der Waals surface area contributed by atoms with Gasteiger partial charge in [-0.2, -0.15) is 0 Å². The van der Waals surface area contributed by atoms with Gasteiger partial charge in [-0.15, -0.1) is 12.4 Å². The average molecular weight is 317 g/mol. The van der Waals surface area contributed by atoms with Crippen molar-refractivity contribution in [3.05, 3.63) is 23.3 Å². The molecule has 1 aromatic carbocycles. The Balaban J connectivity index is 0.00000400. The zero-order valence-corrected chi connectivity index (χ0v) is 14.1. The van der Waals surface area contributed by atoms with Crippen molar-refractivity contribution in [2.24, 2.45) is 5.73 Å². The van der Waals surface area contributed by atoms with E-state index in [1.54, 1.807) is 26.2 Å². The zero-order chi connectivity index (χ0) is 15.3. The quantitative estimate of drug-likeness (QED) is 0.873. The number of aryl methyl sites for hydroxylation is 1. The highest BCUT2D eigenvalue weighted by Gasteiger charge is 2.14. The monoisotopic (exact) mass is 316 g/mol. The number of benzene rings is 1. The molecule has 1 amide bonds. The maximum Gasteiger partial charge on any atom is 0.224 e. The van der Waals surface area contributed by atoms with Crippen LogP contribution in [0.15, 0.2) is 12.1 Å². The summed E-state index contributed by atoms with van der Waals surface area (Å²) in [7, 11) is 4.98. The molecule has 0 heterocycles. The van der Waals surface area contributed by atoms with Gasteiger partial charge in [-0.3, -0.25) is 4.79 Å². The molecule has 0 aliphatic rings. The molecule has 0 radical (unpaired) electrons. The van der Waals surface area contributed by atoms with E-state index in [0.29, 0.717) is 24.5 Å². The van der Waals surface area contributed by atoms with Crippen LogP contribution in [0.1, 0.15) is 24.5 Å². The van der Waals surface area contributed by atoms with Crippen molar-refractivity contribution >= 4 is 18.3 Å². The third kappa shape index (κ3) is 5.44. The number of hydrogen-bond acceptors (Lipinski definition) is 4. The van der Waals surface area contributed by atoms with Crippen molar-refractivity contribution in [3.63, 3.8) is 0 Å². The number of nitrogens with zero attached hydrogens (tertiary/aromatic N) is 1. The van der Waals surface area contributed by atoms with Gasteiger partial charge in [0.05, 0.1) is 14.2 Å². The number of halogens is 1. The largest absolute Gasteiger partial charge is 0.493 e. The first-order valence-electron chi connectivity index (χ1n) is 6.60. The number of ether oxygens (including phenoxy) is 2. The average Bonchev–Trinajstić information content (AvgIpc) is 2.39. The van der Waals surface area contributed by atoms with Crippen LogP contribution >= 0.6 is 12.4 Å². The first kappa shape index (κ1) is 19.5. The molecule has 21 heavy (non-hydrogen) atoms. The molecule has 0 aliphatic carbocycles. The molecule has 2 N–H and O–H groups in total. The fourth-order valence-corrected chi connectivity index (χ4v) is 1.97. The summed E-state index contributed by atoms with van der Waals surface area (Å²) in [5.41, 5.74) is 7.74. The van der Waals surface area contributed by atoms with Crippen molar-refractivity contribution in [2.75, 3.05) is 21.3 Å². The number of carbonyl (C=O) groups excluding carboxylic acids is 1. The van der Waals surface area contributed by atoms with E-state index in [1.807, 2.05) is 26.0 Å². The SMILES string of the molecule is COc1cc(C)c(CN(C)C(=O)CC(C)N)cc1OC.Cl. The van der Waals surface area contributed by atoms with Crippen LogP contribution < -0.4 is 15.2 Å². The predicted octanol–water partition coefficient (Wildman–Crippen LogP) is 2.13. The van der Waals surface area contributed by atoms with E-state index >= 15 is 0 Å². The van der Waals surface area contributed by atoms with E-state index in [9.17, 15) is 4.79 Å². The molecule has 1 rings (SSSR count). The highest BCUT2D eigenvalue weighted by Crippen LogP contribution is 2.30. The minimum absolute atomic E-state index is 0. The summed E-state index contributed by atoms with van der Waals surface area (Å²) in [5, 5.41) is 0. The molecule has 0 spiro atoms. The summed E-state index contributed by atoms with van der Waals surface area (Å²) in [6.45, 7) is 4.34. The summed E-state index contributed by atoms with van der Waals surface area (Å²) >= 11 is 0. The highest BCUT2D eigenvalue weighted by atomic mass is 35.5. The summed E-state index contributed by atoms with van der Waals surface area (Å²) < 4.78 is 10.5. The lowest BCUT2D eigenvalue weighted by molar-refractivity contribution is -0.130. The second kappa shape index (κ2) is 8.74. The zero-order valence-electron chi connectivity index (χ0n) is 13.3. The molecule has 1 unspecified atom stereocenters. The van der Waals surface area contributed by atoms with Crippen molar-refractivity contribution in [2.45, 2.75) is 32.9 Å². The summed E-state index contributed by atoms with van der Waals surface area (Å²) in [5.74, 6) is 1.40. The first-order chi connectivity index (χ1) is 9.38. The first-order valence-corrected chi connectivity index (χ1v) is 6.60. The van der Waals surface area contributed by atoms with Crippen molar-refractivity contribution in [3.8, 4) is 11.5 Å². The normalized spacial score (nSPS) is 11.3. The molecule has 6 heteroatoms. The standard InChI is InChI=1S/C15H24N2O3.ClH/c1-10-6-13(19-4)14(20-5)8-12(10)9-17(3)15(18)7-11(2)16;/h6,8,11H,7,9,16H2,1-5H3;1H. The van der Waals surface area contributed by atoms with Crippen LogP contribution in [0.2, 0.25) is 0 Å². The Morgan fingerprint density at radius 2 is 1.81 bits per heavy atom. The van der Waals surface area contributed by atoms with E-state index in [1.165, 1.54) is 0 Å². The molecule has 120 valence electrons. The smallest absolute Gasteiger partial charge is 0.224 e. The number of hydrogen-bond donors (Lipinski definition) is 1. The van der Waals surface area contributed by atoms with Crippen LogP contribution in [0, 0.1) is 6.92 Å². The molecule has 1 atom stereocenters. The summed E-state index contributed by atoms with van der Waals surface area (Å²) in [6, 6.07) is 3.69. The second-order valence-electron chi connectivity index (χ2n) is 5.06. The van der Waals surface area contributed by atoms with Crippen molar-refractivity contribution < 1.29 is 14.3 Å². The fourth-order valence-electron chi connectivity index (χ4n) is 1.97. The van der Waals surface area contributed by atoms with Gasteiger partial charge >= 0.3 is 0 Å². The summed E-state index contributed by atoms with van der Waals surface area (Å²) in [6.07, 6.45) is 0.350. The Hall–Kier alpha value is -1.46. The highest BCUT2D eigenvalue weighted by molar-refractivity contribution is 5.85. The van der Waals surface area contributed by atoms with E-state index in [4.69, 9.17) is 15.2 Å². The van der Waals surface area contributed by atoms with Crippen molar-refractivity contribution in [1.82, 2.24) is 4.90 Å². The molecule has 0 fully saturated rings. The van der Waals surface area contributed by atoms with E-state index in [2.05, 4.69) is 0 Å². The number of rotatable bonds is 6. The van der Waals surface area contributed by atoms with Crippen molar-refractivity contribution in [1.29, 1.82) is 0 Å². The van der Waals surface area contributed by atoms with Gasteiger partial charge in [0.25, 0.3) is 0 Å². The van der Waals surface area contributed by atoms with Crippen LogP contribution in [0.5, 0.6) is 11.5 Å². The Kier molecular flexibility index (Phi) is 8.14. The van der Waals surface area contributed by atoms with Gasteiger partial charge in [0.1, 0.15) is 0 Å². The minimum atomic E-state index is -0.128. The van der Waals surface area contributed by atoms with E-state index in [0.717, 1.165) is 11.1 Å². The Labute approximate surface area is 132 Å². The predicted molar refractivity (Wildman–Crippen MR) is 86.3 cm³/mol. The topological polar surface area (TPSA) is 64.8 Å². The lowest BCUT2D eigenvalue weighted by Gasteiger charge is -2.20. The fraction of sp³-hybridized carbons (Fsp3) is 0.533. The Morgan fingerprint density at radius 1 is 1.29 bits per heavy atom. The Bertz CT molecular complexity index is 478. The van der Waals surface area contributed by atoms with Gasteiger partial charge in [-0.1, -0.05) is 0 Å². The number of nitrogens with two attached hydrogens (primary N) is 1. The maximum absolute atomic E-state index is 11.9. The number of methoxy groups -OCH3 is 2. The molecule has 0 saturated heterocycles. The maximum atomic E-state index is 11.9. The number of carbonyl (C=O) groups is 1. The molecule has 0 aromatic heterocycles. The third-order valence-corrected chi connectivity index (χ3v) is 3.17. The van der Waals surface area contributed by atoms with Crippen LogP contribution in [-0.2, 0) is 11.3 Å². The number of amides is 1. The van der Waals surface area contributed by atoms with Gasteiger partial charge in [-0.05, 0) is 37.1 Å². The van der Waals surface area contributed by atoms with Crippen LogP contribution in [0.25, 0.3) is 0 Å². The summed E-state index contributed by atoms with van der Waals surface area (Å²) in [4.78, 5) is 13.6. The molecule has 0 bridgehead atoms. The second-order valence-corrected chi connectivity index (χ2v) is 5.06. The van der Waals surface area contributed by atoms with Gasteiger partial charge < -0.3 is 20.1 Å². The minimum Gasteiger partial charge on any atom is -0.493 e. The van der Waals surface area contributed by atoms with Gasteiger partial charge in [-0.25, -0.2) is 0 Å². The van der Waals surface area contributed by atoms with Crippen LogP contribution in [0.4, 0.5) is 0 Å². The third-order valence-electron chi connectivity index (χ3n) is 3.17. The lowest BCUT2D eigenvalue weighted by atomic mass is 10.1. The Morgan fingerprint density at radius 3 is 2.29 bits per heavy atom. The molecule has 0 saturated carbocycles. The molecular formula is C15H25ClN2O3.